The summed E-state index contributed by atoms with van der Waals surface area (Å²) in [6, 6.07) is 9.92. The fourth-order valence-electron chi connectivity index (χ4n) is 2.16. The van der Waals surface area contributed by atoms with Crippen molar-refractivity contribution in [1.29, 1.82) is 0 Å². The molecule has 22 heavy (non-hydrogen) atoms. The molecule has 7 heteroatoms. The van der Waals surface area contributed by atoms with Gasteiger partial charge in [0.05, 0.1) is 17.1 Å². The van der Waals surface area contributed by atoms with Crippen LogP contribution in [0.2, 0.25) is 5.02 Å². The molecule has 0 saturated carbocycles. The number of halogens is 1. The van der Waals surface area contributed by atoms with Gasteiger partial charge in [-0.3, -0.25) is 0 Å². The van der Waals surface area contributed by atoms with Crippen LogP contribution in [0.1, 0.15) is 11.3 Å². The van der Waals surface area contributed by atoms with Gasteiger partial charge in [-0.15, -0.1) is 0 Å². The van der Waals surface area contributed by atoms with Crippen LogP contribution in [0, 0.1) is 6.92 Å². The number of aromatic nitrogens is 2. The normalized spacial score (nSPS) is 11.9. The Morgan fingerprint density at radius 2 is 1.95 bits per heavy atom. The van der Waals surface area contributed by atoms with Crippen LogP contribution in [-0.4, -0.2) is 17.8 Å². The van der Waals surface area contributed by atoms with Gasteiger partial charge >= 0.3 is 0 Å². The van der Waals surface area contributed by atoms with Gasteiger partial charge in [-0.05, 0) is 42.8 Å². The topological polar surface area (TPSA) is 63.5 Å². The number of fused-ring (bicyclic) bond motifs is 1. The lowest BCUT2D eigenvalue weighted by Crippen LogP contribution is -2.23. The molecule has 2 heterocycles. The van der Waals surface area contributed by atoms with Crippen molar-refractivity contribution in [3.05, 3.63) is 65.1 Å². The van der Waals surface area contributed by atoms with Crippen LogP contribution in [0.3, 0.4) is 0 Å². The average Bonchev–Trinajstić information content (AvgIpc) is 2.90. The van der Waals surface area contributed by atoms with Crippen LogP contribution < -0.4 is 4.72 Å². The van der Waals surface area contributed by atoms with Crippen molar-refractivity contribution in [1.82, 2.24) is 14.1 Å². The summed E-state index contributed by atoms with van der Waals surface area (Å²) in [5.74, 6) is 0. The fourth-order valence-corrected chi connectivity index (χ4v) is 3.28. The third-order valence-corrected chi connectivity index (χ3v) is 4.96. The van der Waals surface area contributed by atoms with E-state index in [0.29, 0.717) is 10.7 Å². The van der Waals surface area contributed by atoms with E-state index in [9.17, 15) is 8.42 Å². The second-order valence-corrected chi connectivity index (χ2v) is 7.14. The fraction of sp³-hybridized carbons (Fsp3) is 0.133. The van der Waals surface area contributed by atoms with Gasteiger partial charge in [-0.25, -0.2) is 18.1 Å². The van der Waals surface area contributed by atoms with E-state index >= 15 is 0 Å². The molecule has 3 rings (SSSR count). The van der Waals surface area contributed by atoms with Crippen LogP contribution in [0.4, 0.5) is 0 Å². The van der Waals surface area contributed by atoms with E-state index in [-0.39, 0.29) is 11.4 Å². The third kappa shape index (κ3) is 2.99. The molecule has 3 aromatic rings. The Labute approximate surface area is 133 Å². The Kier molecular flexibility index (Phi) is 3.90. The van der Waals surface area contributed by atoms with E-state index in [1.165, 1.54) is 12.1 Å². The predicted octanol–water partition coefficient (Wildman–Crippen LogP) is 2.77. The summed E-state index contributed by atoms with van der Waals surface area (Å²) in [6.45, 7) is 2.09. The highest BCUT2D eigenvalue weighted by Gasteiger charge is 2.14. The number of imidazole rings is 1. The van der Waals surface area contributed by atoms with Crippen LogP contribution in [0.5, 0.6) is 0 Å². The average molecular weight is 336 g/mol. The molecule has 1 aromatic carbocycles. The largest absolute Gasteiger partial charge is 0.307 e. The van der Waals surface area contributed by atoms with Crippen molar-refractivity contribution in [3.8, 4) is 0 Å². The molecule has 0 amide bonds. The van der Waals surface area contributed by atoms with E-state index in [0.717, 1.165) is 11.2 Å². The molecular weight excluding hydrogens is 322 g/mol. The number of nitrogens with zero attached hydrogens (tertiary/aromatic N) is 2. The van der Waals surface area contributed by atoms with E-state index in [4.69, 9.17) is 11.6 Å². The zero-order chi connectivity index (χ0) is 15.7. The van der Waals surface area contributed by atoms with E-state index < -0.39 is 10.0 Å². The zero-order valence-electron chi connectivity index (χ0n) is 11.8. The number of nitrogens with one attached hydrogen (secondary N) is 1. The van der Waals surface area contributed by atoms with Crippen molar-refractivity contribution in [2.45, 2.75) is 18.4 Å². The first kappa shape index (κ1) is 15.0. The third-order valence-electron chi connectivity index (χ3n) is 3.30. The van der Waals surface area contributed by atoms with Gasteiger partial charge in [-0.1, -0.05) is 17.7 Å². The molecule has 0 fully saturated rings. The number of sulfonamides is 1. The molecule has 2 aromatic heterocycles. The first-order chi connectivity index (χ1) is 10.5. The van der Waals surface area contributed by atoms with Gasteiger partial charge in [0, 0.05) is 17.4 Å². The molecule has 0 spiro atoms. The predicted molar refractivity (Wildman–Crippen MR) is 85.4 cm³/mol. The molecule has 0 aliphatic rings. The maximum absolute atomic E-state index is 12.2. The quantitative estimate of drug-likeness (QED) is 0.797. The first-order valence-electron chi connectivity index (χ1n) is 6.64. The molecule has 0 aliphatic carbocycles. The lowest BCUT2D eigenvalue weighted by molar-refractivity contribution is 0.580. The Balaban J connectivity index is 1.81. The van der Waals surface area contributed by atoms with Crippen LogP contribution in [0.25, 0.3) is 5.65 Å². The Bertz CT molecular complexity index is 918. The Morgan fingerprint density at radius 1 is 1.23 bits per heavy atom. The Morgan fingerprint density at radius 3 is 2.64 bits per heavy atom. The van der Waals surface area contributed by atoms with Crippen molar-refractivity contribution >= 4 is 27.3 Å². The van der Waals surface area contributed by atoms with E-state index in [1.54, 1.807) is 12.1 Å². The molecule has 1 N–H and O–H groups in total. The number of rotatable bonds is 4. The zero-order valence-corrected chi connectivity index (χ0v) is 13.4. The summed E-state index contributed by atoms with van der Waals surface area (Å²) in [5, 5.41) is 0.495. The van der Waals surface area contributed by atoms with E-state index in [2.05, 4.69) is 9.71 Å². The van der Waals surface area contributed by atoms with Gasteiger partial charge in [0.1, 0.15) is 5.65 Å². The minimum atomic E-state index is -3.58. The number of benzene rings is 1. The van der Waals surface area contributed by atoms with Crippen molar-refractivity contribution in [3.63, 3.8) is 0 Å². The summed E-state index contributed by atoms with van der Waals surface area (Å²) in [4.78, 5) is 4.62. The lowest BCUT2D eigenvalue weighted by atomic mass is 10.3. The molecule has 0 unspecified atom stereocenters. The minimum Gasteiger partial charge on any atom is -0.307 e. The van der Waals surface area contributed by atoms with Crippen molar-refractivity contribution < 1.29 is 8.42 Å². The lowest BCUT2D eigenvalue weighted by Gasteiger charge is -2.05. The molecule has 0 radical (unpaired) electrons. The van der Waals surface area contributed by atoms with Gasteiger partial charge in [0.25, 0.3) is 0 Å². The monoisotopic (exact) mass is 335 g/mol. The standard InChI is InChI=1S/C15H14ClN3O2S/c1-11-3-2-8-19-10-13(18-15(11)19)9-17-22(20,21)14-6-4-12(16)5-7-14/h2-8,10,17H,9H2,1H3. The number of pyridine rings is 1. The molecule has 0 saturated heterocycles. The van der Waals surface area contributed by atoms with Gasteiger partial charge in [0.2, 0.25) is 10.0 Å². The number of hydrogen-bond acceptors (Lipinski definition) is 3. The summed E-state index contributed by atoms with van der Waals surface area (Å²) in [7, 11) is -3.58. The molecule has 114 valence electrons. The molecule has 0 atom stereocenters. The highest BCUT2D eigenvalue weighted by Crippen LogP contribution is 2.15. The van der Waals surface area contributed by atoms with Crippen LogP contribution in [-0.2, 0) is 16.6 Å². The Hall–Kier alpha value is -1.89. The van der Waals surface area contributed by atoms with Crippen LogP contribution >= 0.6 is 11.6 Å². The summed E-state index contributed by atoms with van der Waals surface area (Å²) < 4.78 is 28.8. The first-order valence-corrected chi connectivity index (χ1v) is 8.50. The van der Waals surface area contributed by atoms with Crippen molar-refractivity contribution in [2.24, 2.45) is 0 Å². The van der Waals surface area contributed by atoms with Gasteiger partial charge in [0.15, 0.2) is 0 Å². The smallest absolute Gasteiger partial charge is 0.240 e. The molecular formula is C15H14ClN3O2S. The summed E-state index contributed by atoms with van der Waals surface area (Å²) in [6.07, 6.45) is 3.69. The number of hydrogen-bond donors (Lipinski definition) is 1. The number of aryl methyl sites for hydroxylation is 1. The summed E-state index contributed by atoms with van der Waals surface area (Å²) in [5.41, 5.74) is 2.52. The maximum Gasteiger partial charge on any atom is 0.240 e. The van der Waals surface area contributed by atoms with Gasteiger partial charge < -0.3 is 4.40 Å². The van der Waals surface area contributed by atoms with Crippen LogP contribution in [0.15, 0.2) is 53.7 Å². The molecule has 5 nitrogen and oxygen atoms in total. The maximum atomic E-state index is 12.2. The highest BCUT2D eigenvalue weighted by atomic mass is 35.5. The minimum absolute atomic E-state index is 0.131. The molecule has 0 bridgehead atoms. The second-order valence-electron chi connectivity index (χ2n) is 4.93. The van der Waals surface area contributed by atoms with Gasteiger partial charge in [-0.2, -0.15) is 0 Å². The summed E-state index contributed by atoms with van der Waals surface area (Å²) >= 11 is 5.77. The highest BCUT2D eigenvalue weighted by molar-refractivity contribution is 7.89. The SMILES string of the molecule is Cc1cccn2cc(CNS(=O)(=O)c3ccc(Cl)cc3)nc12. The second kappa shape index (κ2) is 5.72. The molecule has 0 aliphatic heterocycles. The van der Waals surface area contributed by atoms with E-state index in [1.807, 2.05) is 35.9 Å². The van der Waals surface area contributed by atoms with Crippen molar-refractivity contribution in [2.75, 3.05) is 0 Å².